The summed E-state index contributed by atoms with van der Waals surface area (Å²) in [6.45, 7) is 4.74. The SMILES string of the molecule is CN1CC2(CCN(c3cc(C(F)F)cc4cnc(NC5CCN(S(=O)(=O)C6CC6)CC5)nc34)C2)C1. The lowest BCUT2D eigenvalue weighted by Crippen LogP contribution is -2.55. The van der Waals surface area contributed by atoms with Crippen LogP contribution in [0.2, 0.25) is 0 Å². The van der Waals surface area contributed by atoms with E-state index in [4.69, 9.17) is 4.98 Å². The third kappa shape index (κ3) is 4.35. The second-order valence-corrected chi connectivity index (χ2v) is 13.1. The Bertz CT molecular complexity index is 1220. The van der Waals surface area contributed by atoms with E-state index in [9.17, 15) is 17.2 Å². The molecular formula is C24H32F2N6O2S. The largest absolute Gasteiger partial charge is 0.369 e. The van der Waals surface area contributed by atoms with Crippen molar-refractivity contribution in [3.63, 3.8) is 0 Å². The summed E-state index contributed by atoms with van der Waals surface area (Å²) < 4.78 is 54.0. The minimum Gasteiger partial charge on any atom is -0.369 e. The third-order valence-electron chi connectivity index (χ3n) is 8.02. The van der Waals surface area contributed by atoms with E-state index < -0.39 is 16.4 Å². The molecule has 1 aliphatic carbocycles. The first-order chi connectivity index (χ1) is 16.7. The molecule has 0 radical (unpaired) electrons. The molecule has 4 fully saturated rings. The Morgan fingerprint density at radius 3 is 2.49 bits per heavy atom. The first-order valence-corrected chi connectivity index (χ1v) is 14.0. The van der Waals surface area contributed by atoms with Crippen LogP contribution < -0.4 is 10.2 Å². The highest BCUT2D eigenvalue weighted by Gasteiger charge is 2.46. The molecule has 8 nitrogen and oxygen atoms in total. The number of fused-ring (bicyclic) bond motifs is 1. The highest BCUT2D eigenvalue weighted by atomic mass is 32.2. The average molecular weight is 507 g/mol. The van der Waals surface area contributed by atoms with E-state index in [1.165, 1.54) is 6.07 Å². The molecule has 1 aromatic carbocycles. The predicted molar refractivity (Wildman–Crippen MR) is 131 cm³/mol. The maximum atomic E-state index is 13.7. The van der Waals surface area contributed by atoms with Gasteiger partial charge in [-0.2, -0.15) is 0 Å². The topological polar surface area (TPSA) is 81.7 Å². The minimum atomic E-state index is -3.15. The number of hydrogen-bond donors (Lipinski definition) is 1. The maximum Gasteiger partial charge on any atom is 0.263 e. The Kier molecular flexibility index (Phi) is 5.65. The van der Waals surface area contributed by atoms with Gasteiger partial charge in [0.2, 0.25) is 16.0 Å². The molecule has 190 valence electrons. The Balaban J connectivity index is 1.22. The van der Waals surface area contributed by atoms with Gasteiger partial charge in [0.15, 0.2) is 0 Å². The van der Waals surface area contributed by atoms with Crippen LogP contribution in [0, 0.1) is 5.41 Å². The van der Waals surface area contributed by atoms with Crippen molar-refractivity contribution in [3.8, 4) is 0 Å². The van der Waals surface area contributed by atoms with Crippen molar-refractivity contribution in [2.24, 2.45) is 5.41 Å². The molecule has 4 aliphatic rings. The number of alkyl halides is 2. The number of aromatic nitrogens is 2. The van der Waals surface area contributed by atoms with Crippen molar-refractivity contribution in [2.75, 3.05) is 56.5 Å². The number of halogens is 2. The molecule has 0 atom stereocenters. The van der Waals surface area contributed by atoms with Crippen molar-refractivity contribution in [1.82, 2.24) is 19.2 Å². The van der Waals surface area contributed by atoms with E-state index in [0.717, 1.165) is 51.1 Å². The molecule has 3 aliphatic heterocycles. The first-order valence-electron chi connectivity index (χ1n) is 12.5. The van der Waals surface area contributed by atoms with E-state index >= 15 is 0 Å². The van der Waals surface area contributed by atoms with E-state index in [1.807, 2.05) is 0 Å². The van der Waals surface area contributed by atoms with Gasteiger partial charge in [-0.3, -0.25) is 0 Å². The highest BCUT2D eigenvalue weighted by Crippen LogP contribution is 2.42. The number of anilines is 2. The zero-order valence-electron chi connectivity index (χ0n) is 20.0. The zero-order valence-corrected chi connectivity index (χ0v) is 20.8. The Hall–Kier alpha value is -2.11. The lowest BCUT2D eigenvalue weighted by molar-refractivity contribution is 0.0424. The predicted octanol–water partition coefficient (Wildman–Crippen LogP) is 3.08. The Morgan fingerprint density at radius 1 is 1.09 bits per heavy atom. The summed E-state index contributed by atoms with van der Waals surface area (Å²) in [6.07, 6.45) is 3.04. The molecule has 1 aromatic heterocycles. The smallest absolute Gasteiger partial charge is 0.263 e. The number of benzene rings is 1. The summed E-state index contributed by atoms with van der Waals surface area (Å²) >= 11 is 0. The van der Waals surface area contributed by atoms with E-state index in [-0.39, 0.29) is 22.3 Å². The van der Waals surface area contributed by atoms with E-state index in [0.29, 0.717) is 42.8 Å². The molecule has 3 saturated heterocycles. The number of sulfonamides is 1. The fourth-order valence-electron chi connectivity index (χ4n) is 6.10. The number of rotatable bonds is 6. The van der Waals surface area contributed by atoms with Crippen molar-refractivity contribution in [2.45, 2.75) is 49.8 Å². The fourth-order valence-corrected chi connectivity index (χ4v) is 7.97. The Labute approximate surface area is 204 Å². The summed E-state index contributed by atoms with van der Waals surface area (Å²) in [5.74, 6) is 0.462. The van der Waals surface area contributed by atoms with Crippen LogP contribution in [-0.2, 0) is 10.0 Å². The van der Waals surface area contributed by atoms with E-state index in [1.54, 1.807) is 16.6 Å². The van der Waals surface area contributed by atoms with E-state index in [2.05, 4.69) is 27.1 Å². The van der Waals surface area contributed by atoms with Gasteiger partial charge in [-0.25, -0.2) is 31.5 Å². The van der Waals surface area contributed by atoms with Crippen LogP contribution >= 0.6 is 0 Å². The monoisotopic (exact) mass is 506 g/mol. The van der Waals surface area contributed by atoms with Crippen LogP contribution in [0.15, 0.2) is 18.3 Å². The van der Waals surface area contributed by atoms with Gasteiger partial charge in [-0.15, -0.1) is 0 Å². The number of nitrogens with one attached hydrogen (secondary N) is 1. The number of piperidine rings is 1. The summed E-state index contributed by atoms with van der Waals surface area (Å²) in [5.41, 5.74) is 1.67. The molecular weight excluding hydrogens is 474 g/mol. The van der Waals surface area contributed by atoms with Gasteiger partial charge in [0, 0.05) is 67.9 Å². The fraction of sp³-hybridized carbons (Fsp3) is 0.667. The maximum absolute atomic E-state index is 13.7. The van der Waals surface area contributed by atoms with Gasteiger partial charge >= 0.3 is 0 Å². The highest BCUT2D eigenvalue weighted by molar-refractivity contribution is 7.90. The van der Waals surface area contributed by atoms with Gasteiger partial charge < -0.3 is 15.1 Å². The summed E-state index contributed by atoms with van der Waals surface area (Å²) in [7, 11) is -1.04. The summed E-state index contributed by atoms with van der Waals surface area (Å²) in [4.78, 5) is 13.7. The molecule has 0 unspecified atom stereocenters. The van der Waals surface area contributed by atoms with Crippen LogP contribution in [0.25, 0.3) is 10.9 Å². The molecule has 6 rings (SSSR count). The van der Waals surface area contributed by atoms with Gasteiger partial charge in [0.25, 0.3) is 6.43 Å². The lowest BCUT2D eigenvalue weighted by atomic mass is 9.79. The van der Waals surface area contributed by atoms with Crippen LogP contribution in [0.3, 0.4) is 0 Å². The average Bonchev–Trinajstić information content (AvgIpc) is 3.59. The lowest BCUT2D eigenvalue weighted by Gasteiger charge is -2.46. The molecule has 0 amide bonds. The van der Waals surface area contributed by atoms with Crippen LogP contribution in [-0.4, -0.2) is 85.2 Å². The van der Waals surface area contributed by atoms with Crippen LogP contribution in [0.5, 0.6) is 0 Å². The molecule has 2 aromatic rings. The van der Waals surface area contributed by atoms with Crippen molar-refractivity contribution in [1.29, 1.82) is 0 Å². The van der Waals surface area contributed by atoms with Gasteiger partial charge in [-0.1, -0.05) is 0 Å². The Morgan fingerprint density at radius 2 is 1.83 bits per heavy atom. The summed E-state index contributed by atoms with van der Waals surface area (Å²) in [6, 6.07) is 3.15. The molecule has 1 spiro atoms. The first kappa shape index (κ1) is 23.3. The van der Waals surface area contributed by atoms with Crippen molar-refractivity contribution >= 4 is 32.6 Å². The number of nitrogens with zero attached hydrogens (tertiary/aromatic N) is 5. The summed E-state index contributed by atoms with van der Waals surface area (Å²) in [5, 5.41) is 3.80. The molecule has 11 heteroatoms. The molecule has 1 saturated carbocycles. The second kappa shape index (κ2) is 8.48. The minimum absolute atomic E-state index is 0.00673. The van der Waals surface area contributed by atoms with Gasteiger partial charge in [-0.05, 0) is 51.3 Å². The van der Waals surface area contributed by atoms with Gasteiger partial charge in [0.1, 0.15) is 0 Å². The van der Waals surface area contributed by atoms with Crippen molar-refractivity contribution in [3.05, 3.63) is 23.9 Å². The number of hydrogen-bond acceptors (Lipinski definition) is 7. The standard InChI is InChI=1S/C24H32F2N6O2S/c1-30-13-24(14-30)6-9-31(15-24)20-11-16(22(25)26)10-17-12-27-23(29-21(17)20)28-18-4-7-32(8-5-18)35(33,34)19-2-3-19/h10-12,18-19,22H,2-9,13-15H2,1H3,(H,27,28,29). The molecule has 35 heavy (non-hydrogen) atoms. The molecule has 1 N–H and O–H groups in total. The number of likely N-dealkylation sites (tertiary alicyclic amines) is 1. The molecule has 0 bridgehead atoms. The normalized spacial score (nSPS) is 23.9. The van der Waals surface area contributed by atoms with Crippen molar-refractivity contribution < 1.29 is 17.2 Å². The molecule has 4 heterocycles. The van der Waals surface area contributed by atoms with Crippen LogP contribution in [0.4, 0.5) is 20.4 Å². The third-order valence-corrected chi connectivity index (χ3v) is 10.4. The zero-order chi connectivity index (χ0) is 24.4. The van der Waals surface area contributed by atoms with Crippen LogP contribution in [0.1, 0.15) is 44.1 Å². The van der Waals surface area contributed by atoms with Gasteiger partial charge in [0.05, 0.1) is 16.5 Å². The quantitative estimate of drug-likeness (QED) is 0.645. The second-order valence-electron chi connectivity index (χ2n) is 10.9.